The van der Waals surface area contributed by atoms with Crippen molar-refractivity contribution in [3.63, 3.8) is 0 Å². The van der Waals surface area contributed by atoms with E-state index in [1.807, 2.05) is 13.8 Å². The Kier molecular flexibility index (Phi) is 3.80. The highest BCUT2D eigenvalue weighted by atomic mass is 32.2. The lowest BCUT2D eigenvalue weighted by atomic mass is 10.0. The second-order valence-electron chi connectivity index (χ2n) is 4.88. The topological polar surface area (TPSA) is 87.6 Å². The largest absolute Gasteiger partial charge is 0.357 e. The molecule has 2 rings (SSSR count). The summed E-state index contributed by atoms with van der Waals surface area (Å²) >= 11 is 0. The molecular weight excluding hydrogens is 278 g/mol. The summed E-state index contributed by atoms with van der Waals surface area (Å²) in [6, 6.07) is 5.95. The molecule has 6 nitrogen and oxygen atoms in total. The summed E-state index contributed by atoms with van der Waals surface area (Å²) in [5, 5.41) is 2.54. The minimum atomic E-state index is -3.57. The summed E-state index contributed by atoms with van der Waals surface area (Å²) < 4.78 is 26.3. The van der Waals surface area contributed by atoms with E-state index in [2.05, 4.69) is 15.0 Å². The lowest BCUT2D eigenvalue weighted by Gasteiger charge is -2.15. The molecule has 7 heteroatoms. The Morgan fingerprint density at radius 3 is 2.55 bits per heavy atom. The number of nitrogens with one attached hydrogen (secondary N) is 2. The average molecular weight is 295 g/mol. The van der Waals surface area contributed by atoms with E-state index < -0.39 is 16.1 Å². The van der Waals surface area contributed by atoms with E-state index >= 15 is 0 Å². The third kappa shape index (κ3) is 2.53. The molecule has 2 N–H and O–H groups in total. The number of carbonyl (C=O) groups excluding carboxylic acids is 1. The van der Waals surface area contributed by atoms with E-state index in [0.717, 1.165) is 0 Å². The van der Waals surface area contributed by atoms with Gasteiger partial charge in [0.25, 0.3) is 10.0 Å². The average Bonchev–Trinajstić information content (AvgIpc) is 2.67. The molecule has 0 saturated heterocycles. The van der Waals surface area contributed by atoms with E-state index in [4.69, 9.17) is 0 Å². The van der Waals surface area contributed by atoms with Crippen molar-refractivity contribution in [1.29, 1.82) is 0 Å². The predicted octanol–water partition coefficient (Wildman–Crippen LogP) is 0.496. The number of rotatable bonds is 3. The third-order valence-corrected chi connectivity index (χ3v) is 4.47. The fraction of sp³-hybridized carbons (Fsp3) is 0.385. The summed E-state index contributed by atoms with van der Waals surface area (Å²) in [6.07, 6.45) is 0. The van der Waals surface area contributed by atoms with Gasteiger partial charge in [-0.15, -0.1) is 0 Å². The highest BCUT2D eigenvalue weighted by Gasteiger charge is 2.32. The first kappa shape index (κ1) is 14.5. The van der Waals surface area contributed by atoms with Crippen LogP contribution in [0.25, 0.3) is 0 Å². The molecule has 1 unspecified atom stereocenters. The number of nitrogens with zero attached hydrogens (tertiary/aromatic N) is 1. The van der Waals surface area contributed by atoms with Crippen LogP contribution in [0.5, 0.6) is 0 Å². The number of benzene rings is 1. The lowest BCUT2D eigenvalue weighted by Crippen LogP contribution is -2.36. The van der Waals surface area contributed by atoms with Crippen LogP contribution in [-0.4, -0.2) is 33.3 Å². The van der Waals surface area contributed by atoms with Gasteiger partial charge in [0.05, 0.1) is 4.90 Å². The van der Waals surface area contributed by atoms with Crippen molar-refractivity contribution < 1.29 is 13.2 Å². The Bertz CT molecular complexity index is 665. The maximum absolute atomic E-state index is 12.0. The van der Waals surface area contributed by atoms with Crippen LogP contribution in [0.15, 0.2) is 34.2 Å². The van der Waals surface area contributed by atoms with E-state index in [1.54, 1.807) is 18.2 Å². The predicted molar refractivity (Wildman–Crippen MR) is 76.0 cm³/mol. The number of carbonyl (C=O) groups is 1. The number of amidine groups is 1. The maximum Gasteiger partial charge on any atom is 0.263 e. The highest BCUT2D eigenvalue weighted by molar-refractivity contribution is 7.90. The number of likely N-dealkylation sites (N-methyl/N-ethyl adjacent to an activating group) is 1. The lowest BCUT2D eigenvalue weighted by molar-refractivity contribution is -0.122. The van der Waals surface area contributed by atoms with Gasteiger partial charge in [0.2, 0.25) is 5.91 Å². The van der Waals surface area contributed by atoms with Crippen molar-refractivity contribution in [3.05, 3.63) is 29.8 Å². The quantitative estimate of drug-likeness (QED) is 0.851. The number of aliphatic imine (C=N–C) groups is 1. The van der Waals surface area contributed by atoms with Crippen LogP contribution in [0.2, 0.25) is 0 Å². The Labute approximate surface area is 118 Å². The minimum Gasteiger partial charge on any atom is -0.357 e. The van der Waals surface area contributed by atoms with Crippen LogP contribution in [0.1, 0.15) is 19.4 Å². The second kappa shape index (κ2) is 5.24. The molecule has 1 heterocycles. The molecule has 0 fully saturated rings. The number of fused-ring (bicyclic) bond motifs is 1. The van der Waals surface area contributed by atoms with E-state index in [1.165, 1.54) is 13.1 Å². The normalized spacial score (nSPS) is 19.5. The van der Waals surface area contributed by atoms with Gasteiger partial charge in [-0.05, 0) is 18.1 Å². The number of amides is 1. The highest BCUT2D eigenvalue weighted by Crippen LogP contribution is 2.23. The Morgan fingerprint density at radius 2 is 1.95 bits per heavy atom. The molecule has 1 aliphatic rings. The van der Waals surface area contributed by atoms with Gasteiger partial charge in [-0.25, -0.2) is 8.42 Å². The van der Waals surface area contributed by atoms with E-state index in [9.17, 15) is 13.2 Å². The van der Waals surface area contributed by atoms with Crippen LogP contribution in [0.3, 0.4) is 0 Å². The van der Waals surface area contributed by atoms with Crippen LogP contribution in [0.4, 0.5) is 0 Å². The van der Waals surface area contributed by atoms with Crippen LogP contribution >= 0.6 is 0 Å². The standard InChI is InChI=1S/C13H17N3O3S/c1-8(2)11(13(17)14-3)15-12-9-6-4-5-7-10(9)20(18,19)16-12/h4-8,11H,1-3H3,(H,14,17)(H,15,16). The first-order valence-corrected chi connectivity index (χ1v) is 7.76. The monoisotopic (exact) mass is 295 g/mol. The Hall–Kier alpha value is -1.89. The summed E-state index contributed by atoms with van der Waals surface area (Å²) in [5.74, 6) is -0.0568. The zero-order valence-corrected chi connectivity index (χ0v) is 12.4. The van der Waals surface area contributed by atoms with Crippen LogP contribution in [0, 0.1) is 5.92 Å². The first-order chi connectivity index (χ1) is 9.36. The third-order valence-electron chi connectivity index (χ3n) is 3.08. The summed E-state index contributed by atoms with van der Waals surface area (Å²) in [5.41, 5.74) is 0.502. The smallest absolute Gasteiger partial charge is 0.263 e. The SMILES string of the molecule is CNC(=O)C(N=C1NS(=O)(=O)c2ccccc21)C(C)C. The Balaban J connectivity index is 2.49. The molecule has 0 aliphatic carbocycles. The van der Waals surface area contributed by atoms with Gasteiger partial charge in [-0.1, -0.05) is 26.0 Å². The fourth-order valence-electron chi connectivity index (χ4n) is 2.03. The van der Waals surface area contributed by atoms with Gasteiger partial charge in [0.15, 0.2) is 0 Å². The molecule has 0 aromatic heterocycles. The number of hydrogen-bond donors (Lipinski definition) is 2. The molecule has 1 amide bonds. The van der Waals surface area contributed by atoms with Crippen molar-refractivity contribution in [3.8, 4) is 0 Å². The van der Waals surface area contributed by atoms with Crippen LogP contribution < -0.4 is 10.0 Å². The van der Waals surface area contributed by atoms with E-state index in [-0.39, 0.29) is 22.6 Å². The van der Waals surface area contributed by atoms with Gasteiger partial charge in [-0.2, -0.15) is 0 Å². The van der Waals surface area contributed by atoms with Crippen molar-refractivity contribution in [2.75, 3.05) is 7.05 Å². The van der Waals surface area contributed by atoms with Gasteiger partial charge in [0.1, 0.15) is 11.9 Å². The summed E-state index contributed by atoms with van der Waals surface area (Å²) in [7, 11) is -2.04. The molecule has 0 spiro atoms. The molecule has 1 atom stereocenters. The minimum absolute atomic E-state index is 0.0419. The number of hydrogen-bond acceptors (Lipinski definition) is 4. The van der Waals surface area contributed by atoms with Gasteiger partial charge in [-0.3, -0.25) is 14.5 Å². The zero-order chi connectivity index (χ0) is 14.9. The van der Waals surface area contributed by atoms with Crippen molar-refractivity contribution in [1.82, 2.24) is 10.0 Å². The molecule has 1 aromatic rings. The summed E-state index contributed by atoms with van der Waals surface area (Å²) in [6.45, 7) is 3.72. The molecule has 0 bridgehead atoms. The Morgan fingerprint density at radius 1 is 1.30 bits per heavy atom. The molecule has 0 radical (unpaired) electrons. The van der Waals surface area contributed by atoms with Gasteiger partial charge < -0.3 is 5.32 Å². The molecular formula is C13H17N3O3S. The molecule has 1 aliphatic heterocycles. The zero-order valence-electron chi connectivity index (χ0n) is 11.5. The number of sulfonamides is 1. The molecule has 0 saturated carbocycles. The second-order valence-corrected chi connectivity index (χ2v) is 6.53. The van der Waals surface area contributed by atoms with Crippen molar-refractivity contribution in [2.24, 2.45) is 10.9 Å². The molecule has 108 valence electrons. The first-order valence-electron chi connectivity index (χ1n) is 6.28. The van der Waals surface area contributed by atoms with E-state index in [0.29, 0.717) is 5.56 Å². The fourth-order valence-corrected chi connectivity index (χ4v) is 3.27. The molecule has 20 heavy (non-hydrogen) atoms. The molecule has 1 aromatic carbocycles. The van der Waals surface area contributed by atoms with Crippen LogP contribution in [-0.2, 0) is 14.8 Å². The van der Waals surface area contributed by atoms with Crippen molar-refractivity contribution in [2.45, 2.75) is 24.8 Å². The maximum atomic E-state index is 12.0. The van der Waals surface area contributed by atoms with Gasteiger partial charge >= 0.3 is 0 Å². The summed E-state index contributed by atoms with van der Waals surface area (Å²) in [4.78, 5) is 16.3. The van der Waals surface area contributed by atoms with Crippen molar-refractivity contribution >= 4 is 21.8 Å². The van der Waals surface area contributed by atoms with Gasteiger partial charge in [0, 0.05) is 12.6 Å².